The number of hydrogen-bond donors (Lipinski definition) is 4. The molecule has 0 spiro atoms. The van der Waals surface area contributed by atoms with Crippen LogP contribution < -0.4 is 26.4 Å². The first-order chi connectivity index (χ1) is 11.3. The van der Waals surface area contributed by atoms with Gasteiger partial charge in [-0.25, -0.2) is 5.43 Å². The lowest BCUT2D eigenvalue weighted by molar-refractivity contribution is -0.123. The van der Waals surface area contributed by atoms with Gasteiger partial charge in [0, 0.05) is 44.3 Å². The fraction of sp³-hybridized carbons (Fsp3) is 0.588. The smallest absolute Gasteiger partial charge is 0.238 e. The Hall–Kier alpha value is -1.63. The predicted molar refractivity (Wildman–Crippen MR) is 92.2 cm³/mol. The number of carbonyl (C=O) groups is 1. The highest BCUT2D eigenvalue weighted by molar-refractivity contribution is 5.82. The minimum absolute atomic E-state index is 0.107. The van der Waals surface area contributed by atoms with Gasteiger partial charge in [-0.05, 0) is 31.5 Å². The van der Waals surface area contributed by atoms with E-state index in [4.69, 9.17) is 0 Å². The van der Waals surface area contributed by atoms with Gasteiger partial charge in [0.25, 0.3) is 0 Å². The van der Waals surface area contributed by atoms with Gasteiger partial charge >= 0.3 is 0 Å². The third-order valence-corrected chi connectivity index (χ3v) is 4.83. The van der Waals surface area contributed by atoms with Crippen LogP contribution in [-0.2, 0) is 4.79 Å². The Kier molecular flexibility index (Phi) is 5.48. The van der Waals surface area contributed by atoms with Crippen LogP contribution >= 0.6 is 0 Å². The summed E-state index contributed by atoms with van der Waals surface area (Å²) in [4.78, 5) is 14.6. The van der Waals surface area contributed by atoms with Crippen molar-refractivity contribution in [3.8, 4) is 0 Å². The summed E-state index contributed by atoms with van der Waals surface area (Å²) in [5.41, 5.74) is 7.63. The summed E-state index contributed by atoms with van der Waals surface area (Å²) in [5, 5.41) is 6.44. The number of para-hydroxylation sites is 1. The van der Waals surface area contributed by atoms with Gasteiger partial charge < -0.3 is 15.5 Å². The van der Waals surface area contributed by atoms with E-state index in [1.807, 2.05) is 18.2 Å². The number of benzene rings is 1. The Morgan fingerprint density at radius 2 is 2.13 bits per heavy atom. The lowest BCUT2D eigenvalue weighted by atomic mass is 9.89. The molecule has 2 saturated heterocycles. The van der Waals surface area contributed by atoms with Crippen molar-refractivity contribution in [1.29, 1.82) is 0 Å². The summed E-state index contributed by atoms with van der Waals surface area (Å²) in [6.07, 6.45) is 2.01. The Morgan fingerprint density at radius 1 is 1.30 bits per heavy atom. The van der Waals surface area contributed by atoms with E-state index in [0.29, 0.717) is 18.5 Å². The molecule has 23 heavy (non-hydrogen) atoms. The summed E-state index contributed by atoms with van der Waals surface area (Å²) in [5.74, 6) is 0.451. The topological polar surface area (TPSA) is 68.4 Å². The largest absolute Gasteiger partial charge is 0.375 e. The highest BCUT2D eigenvalue weighted by Gasteiger charge is 2.40. The van der Waals surface area contributed by atoms with E-state index in [1.54, 1.807) is 0 Å². The van der Waals surface area contributed by atoms with Crippen molar-refractivity contribution in [3.63, 3.8) is 0 Å². The van der Waals surface area contributed by atoms with Crippen LogP contribution in [0.2, 0.25) is 0 Å². The maximum absolute atomic E-state index is 12.4. The number of hydrogen-bond acceptors (Lipinski definition) is 5. The third kappa shape index (κ3) is 4.02. The average molecular weight is 317 g/mol. The molecule has 0 saturated carbocycles. The number of fused-ring (bicyclic) bond motifs is 1. The third-order valence-electron chi connectivity index (χ3n) is 4.83. The van der Waals surface area contributed by atoms with Gasteiger partial charge in [-0.1, -0.05) is 18.2 Å². The van der Waals surface area contributed by atoms with Crippen LogP contribution in [0.25, 0.3) is 0 Å². The number of hydrazine groups is 1. The zero-order valence-corrected chi connectivity index (χ0v) is 13.7. The van der Waals surface area contributed by atoms with E-state index < -0.39 is 0 Å². The maximum Gasteiger partial charge on any atom is 0.238 e. The number of anilines is 1. The Labute approximate surface area is 138 Å². The van der Waals surface area contributed by atoms with Crippen LogP contribution in [0.5, 0.6) is 0 Å². The van der Waals surface area contributed by atoms with Crippen LogP contribution in [-0.4, -0.2) is 51.2 Å². The van der Waals surface area contributed by atoms with Gasteiger partial charge in [-0.3, -0.25) is 10.2 Å². The summed E-state index contributed by atoms with van der Waals surface area (Å²) in [6.45, 7) is 3.56. The van der Waals surface area contributed by atoms with Crippen molar-refractivity contribution in [1.82, 2.24) is 21.5 Å². The second-order valence-corrected chi connectivity index (χ2v) is 6.43. The lowest BCUT2D eigenvalue weighted by Crippen LogP contribution is -2.49. The summed E-state index contributed by atoms with van der Waals surface area (Å²) in [6, 6.07) is 10.6. The number of amides is 1. The highest BCUT2D eigenvalue weighted by Crippen LogP contribution is 2.20. The monoisotopic (exact) mass is 317 g/mol. The second kappa shape index (κ2) is 7.77. The van der Waals surface area contributed by atoms with Crippen LogP contribution in [0.15, 0.2) is 30.3 Å². The fourth-order valence-corrected chi connectivity index (χ4v) is 3.43. The van der Waals surface area contributed by atoms with E-state index in [9.17, 15) is 4.79 Å². The average Bonchev–Trinajstić information content (AvgIpc) is 3.03. The number of rotatable bonds is 6. The van der Waals surface area contributed by atoms with Crippen LogP contribution in [0, 0.1) is 5.92 Å². The lowest BCUT2D eigenvalue weighted by Gasteiger charge is -2.27. The molecule has 3 rings (SSSR count). The van der Waals surface area contributed by atoms with E-state index >= 15 is 0 Å². The zero-order chi connectivity index (χ0) is 16.1. The predicted octanol–water partition coefficient (Wildman–Crippen LogP) is 0.0836. The minimum atomic E-state index is -0.125. The second-order valence-electron chi connectivity index (χ2n) is 6.43. The van der Waals surface area contributed by atoms with Gasteiger partial charge in [0.05, 0.1) is 0 Å². The summed E-state index contributed by atoms with van der Waals surface area (Å²) >= 11 is 0. The number of piperidine rings is 1. The van der Waals surface area contributed by atoms with Crippen molar-refractivity contribution in [2.45, 2.75) is 24.9 Å². The van der Waals surface area contributed by atoms with Crippen molar-refractivity contribution in [2.75, 3.05) is 38.1 Å². The Morgan fingerprint density at radius 3 is 2.96 bits per heavy atom. The molecule has 1 aromatic rings. The summed E-state index contributed by atoms with van der Waals surface area (Å²) in [7, 11) is 2.08. The molecule has 2 aliphatic heterocycles. The Balaban J connectivity index is 1.38. The molecule has 1 aromatic carbocycles. The zero-order valence-electron chi connectivity index (χ0n) is 13.7. The van der Waals surface area contributed by atoms with Gasteiger partial charge in [-0.15, -0.1) is 0 Å². The molecule has 6 heteroatoms. The summed E-state index contributed by atoms with van der Waals surface area (Å²) < 4.78 is 0. The normalized spacial score (nSPS) is 26.6. The molecule has 0 aliphatic carbocycles. The Bertz CT molecular complexity index is 509. The highest BCUT2D eigenvalue weighted by atomic mass is 16.2. The molecule has 0 aromatic heterocycles. The molecule has 126 valence electrons. The van der Waals surface area contributed by atoms with E-state index in [-0.39, 0.29) is 11.9 Å². The standard InChI is InChI=1S/C17H27N5O/c1-22(13-6-3-2-4-7-13)11-5-9-19-17(23)16-14-12-18-10-8-15(14)20-21-16/h2-4,6-7,14-16,18,20-21H,5,8-12H2,1H3,(H,19,23). The molecule has 2 fully saturated rings. The SMILES string of the molecule is CN(CCCNC(=O)C1NNC2CCNCC21)c1ccccc1. The molecule has 2 heterocycles. The molecular weight excluding hydrogens is 290 g/mol. The van der Waals surface area contributed by atoms with E-state index in [1.165, 1.54) is 5.69 Å². The first kappa shape index (κ1) is 16.2. The molecule has 2 aliphatic rings. The number of nitrogens with zero attached hydrogens (tertiary/aromatic N) is 1. The van der Waals surface area contributed by atoms with Crippen molar-refractivity contribution >= 4 is 11.6 Å². The van der Waals surface area contributed by atoms with Crippen molar-refractivity contribution in [3.05, 3.63) is 30.3 Å². The van der Waals surface area contributed by atoms with E-state index in [0.717, 1.165) is 32.5 Å². The minimum Gasteiger partial charge on any atom is -0.375 e. The molecule has 3 atom stereocenters. The van der Waals surface area contributed by atoms with Crippen molar-refractivity contribution < 1.29 is 4.79 Å². The first-order valence-electron chi connectivity index (χ1n) is 8.51. The van der Waals surface area contributed by atoms with Gasteiger partial charge in [-0.2, -0.15) is 0 Å². The van der Waals surface area contributed by atoms with Crippen LogP contribution in [0.3, 0.4) is 0 Å². The molecule has 6 nitrogen and oxygen atoms in total. The quantitative estimate of drug-likeness (QED) is 0.560. The van der Waals surface area contributed by atoms with Gasteiger partial charge in [0.2, 0.25) is 5.91 Å². The molecular formula is C17H27N5O. The molecule has 1 amide bonds. The molecule has 3 unspecified atom stereocenters. The van der Waals surface area contributed by atoms with E-state index in [2.05, 4.69) is 45.6 Å². The number of carbonyl (C=O) groups excluding carboxylic acids is 1. The number of nitrogens with one attached hydrogen (secondary N) is 4. The fourth-order valence-electron chi connectivity index (χ4n) is 3.43. The molecule has 0 bridgehead atoms. The van der Waals surface area contributed by atoms with Gasteiger partial charge in [0.1, 0.15) is 6.04 Å². The maximum atomic E-state index is 12.4. The molecule has 4 N–H and O–H groups in total. The van der Waals surface area contributed by atoms with Crippen molar-refractivity contribution in [2.24, 2.45) is 5.92 Å². The van der Waals surface area contributed by atoms with Crippen LogP contribution in [0.1, 0.15) is 12.8 Å². The van der Waals surface area contributed by atoms with Gasteiger partial charge in [0.15, 0.2) is 0 Å². The first-order valence-corrected chi connectivity index (χ1v) is 8.51. The van der Waals surface area contributed by atoms with Crippen LogP contribution in [0.4, 0.5) is 5.69 Å². The molecule has 0 radical (unpaired) electrons.